The first-order chi connectivity index (χ1) is 11.8. The Hall–Kier alpha value is -2.27. The molecule has 24 heavy (non-hydrogen) atoms. The van der Waals surface area contributed by atoms with E-state index >= 15 is 0 Å². The van der Waals surface area contributed by atoms with E-state index in [1.54, 1.807) is 13.3 Å². The van der Waals surface area contributed by atoms with Crippen LogP contribution >= 0.6 is 0 Å². The molecule has 4 heterocycles. The van der Waals surface area contributed by atoms with E-state index < -0.39 is 0 Å². The summed E-state index contributed by atoms with van der Waals surface area (Å²) in [4.78, 5) is 6.82. The molecule has 5 rings (SSSR count). The van der Waals surface area contributed by atoms with Crippen LogP contribution in [0, 0.1) is 5.92 Å². The van der Waals surface area contributed by atoms with Crippen molar-refractivity contribution < 1.29 is 9.47 Å². The summed E-state index contributed by atoms with van der Waals surface area (Å²) in [5.41, 5.74) is 1.14. The zero-order valence-corrected chi connectivity index (χ0v) is 13.9. The van der Waals surface area contributed by atoms with Gasteiger partial charge in [0.25, 0.3) is 0 Å². The van der Waals surface area contributed by atoms with E-state index in [0.29, 0.717) is 6.04 Å². The van der Waals surface area contributed by atoms with Crippen molar-refractivity contribution in [2.24, 2.45) is 5.92 Å². The third-order valence-corrected chi connectivity index (χ3v) is 4.90. The van der Waals surface area contributed by atoms with Crippen LogP contribution in [0.25, 0.3) is 0 Å². The Morgan fingerprint density at radius 3 is 2.62 bits per heavy atom. The molecule has 5 heteroatoms. The van der Waals surface area contributed by atoms with Gasteiger partial charge in [-0.3, -0.25) is 4.98 Å². The number of hydrogen-bond acceptors (Lipinski definition) is 5. The third-order valence-electron chi connectivity index (χ3n) is 4.90. The van der Waals surface area contributed by atoms with Gasteiger partial charge < -0.3 is 19.7 Å². The minimum Gasteiger partial charge on any atom is -0.497 e. The average Bonchev–Trinajstić information content (AvgIpc) is 2.97. The Balaban J connectivity index is 1.50. The van der Waals surface area contributed by atoms with Crippen LogP contribution in [0.3, 0.4) is 0 Å². The second-order valence-corrected chi connectivity index (χ2v) is 6.61. The van der Waals surface area contributed by atoms with Gasteiger partial charge >= 0.3 is 0 Å². The number of rotatable bonds is 4. The van der Waals surface area contributed by atoms with Gasteiger partial charge in [0, 0.05) is 25.2 Å². The van der Waals surface area contributed by atoms with Gasteiger partial charge in [-0.15, -0.1) is 0 Å². The minimum atomic E-state index is 0.593. The number of piperidine rings is 1. The first-order valence-corrected chi connectivity index (χ1v) is 8.55. The molecule has 0 spiro atoms. The van der Waals surface area contributed by atoms with Crippen molar-refractivity contribution in [3.05, 3.63) is 42.7 Å². The smallest absolute Gasteiger partial charge is 0.147 e. The van der Waals surface area contributed by atoms with E-state index in [4.69, 9.17) is 9.47 Å². The quantitative estimate of drug-likeness (QED) is 0.936. The number of aromatic nitrogens is 1. The molecular weight excluding hydrogens is 302 g/mol. The Morgan fingerprint density at radius 1 is 1.04 bits per heavy atom. The molecule has 2 aromatic rings. The Morgan fingerprint density at radius 2 is 1.88 bits per heavy atom. The maximum Gasteiger partial charge on any atom is 0.147 e. The predicted molar refractivity (Wildman–Crippen MR) is 94.0 cm³/mol. The fourth-order valence-corrected chi connectivity index (χ4v) is 3.57. The summed E-state index contributed by atoms with van der Waals surface area (Å²) in [7, 11) is 1.66. The number of pyridine rings is 1. The van der Waals surface area contributed by atoms with Crippen LogP contribution in [-0.2, 0) is 0 Å². The van der Waals surface area contributed by atoms with Gasteiger partial charge in [-0.1, -0.05) is 0 Å². The molecule has 0 saturated carbocycles. The summed E-state index contributed by atoms with van der Waals surface area (Å²) in [6, 6.07) is 10.3. The number of nitrogens with zero attached hydrogens (tertiary/aromatic N) is 2. The molecule has 3 saturated heterocycles. The topological polar surface area (TPSA) is 46.6 Å². The minimum absolute atomic E-state index is 0.593. The normalized spacial score (nSPS) is 23.0. The fourth-order valence-electron chi connectivity index (χ4n) is 3.57. The summed E-state index contributed by atoms with van der Waals surface area (Å²) < 4.78 is 11.1. The lowest BCUT2D eigenvalue weighted by Gasteiger charge is -2.24. The van der Waals surface area contributed by atoms with E-state index in [9.17, 15) is 0 Å². The first-order valence-electron chi connectivity index (χ1n) is 8.55. The van der Waals surface area contributed by atoms with Crippen molar-refractivity contribution in [2.45, 2.75) is 18.9 Å². The summed E-state index contributed by atoms with van der Waals surface area (Å²) in [5, 5.41) is 3.64. The number of benzene rings is 1. The van der Waals surface area contributed by atoms with Gasteiger partial charge in [0.1, 0.15) is 17.2 Å². The van der Waals surface area contributed by atoms with Crippen molar-refractivity contribution in [1.82, 2.24) is 10.3 Å². The van der Waals surface area contributed by atoms with Crippen molar-refractivity contribution in [1.29, 1.82) is 0 Å². The van der Waals surface area contributed by atoms with E-state index in [1.807, 2.05) is 30.5 Å². The summed E-state index contributed by atoms with van der Waals surface area (Å²) >= 11 is 0. The van der Waals surface area contributed by atoms with Crippen LogP contribution in [-0.4, -0.2) is 37.8 Å². The summed E-state index contributed by atoms with van der Waals surface area (Å²) in [6.07, 6.45) is 6.30. The maximum atomic E-state index is 5.95. The van der Waals surface area contributed by atoms with Crippen LogP contribution in [0.2, 0.25) is 0 Å². The Kier molecular flexibility index (Phi) is 4.26. The lowest BCUT2D eigenvalue weighted by molar-refractivity contribution is 0.360. The highest BCUT2D eigenvalue weighted by Crippen LogP contribution is 2.29. The lowest BCUT2D eigenvalue weighted by atomic mass is 9.97. The molecule has 3 aliphatic heterocycles. The zero-order valence-electron chi connectivity index (χ0n) is 13.9. The highest BCUT2D eigenvalue weighted by atomic mass is 16.5. The number of hydrogen-bond donors (Lipinski definition) is 1. The first kappa shape index (κ1) is 15.3. The molecule has 2 bridgehead atoms. The molecule has 0 amide bonds. The van der Waals surface area contributed by atoms with Crippen molar-refractivity contribution in [3.8, 4) is 17.2 Å². The predicted octanol–water partition coefficient (Wildman–Crippen LogP) is 3.07. The molecule has 5 nitrogen and oxygen atoms in total. The van der Waals surface area contributed by atoms with Crippen molar-refractivity contribution >= 4 is 5.69 Å². The van der Waals surface area contributed by atoms with Gasteiger partial charge in [-0.25, -0.2) is 0 Å². The van der Waals surface area contributed by atoms with Gasteiger partial charge in [0.05, 0.1) is 25.2 Å². The van der Waals surface area contributed by atoms with Crippen LogP contribution < -0.4 is 19.7 Å². The largest absolute Gasteiger partial charge is 0.497 e. The molecule has 0 radical (unpaired) electrons. The van der Waals surface area contributed by atoms with Gasteiger partial charge in [-0.05, 0) is 49.6 Å². The molecule has 3 fully saturated rings. The van der Waals surface area contributed by atoms with Crippen molar-refractivity contribution in [3.63, 3.8) is 0 Å². The number of nitrogens with one attached hydrogen (secondary N) is 1. The van der Waals surface area contributed by atoms with Crippen LogP contribution in [0.5, 0.6) is 17.2 Å². The molecule has 126 valence electrons. The maximum absolute atomic E-state index is 5.95. The van der Waals surface area contributed by atoms with Gasteiger partial charge in [-0.2, -0.15) is 0 Å². The average molecular weight is 325 g/mol. The molecule has 2 atom stereocenters. The molecule has 1 aromatic heterocycles. The summed E-state index contributed by atoms with van der Waals surface area (Å²) in [6.45, 7) is 3.28. The number of ether oxygens (including phenoxy) is 2. The monoisotopic (exact) mass is 325 g/mol. The van der Waals surface area contributed by atoms with Gasteiger partial charge in [0.2, 0.25) is 0 Å². The molecule has 1 aromatic carbocycles. The van der Waals surface area contributed by atoms with Gasteiger partial charge in [0.15, 0.2) is 0 Å². The SMILES string of the molecule is COc1ccc(Oc2cncc(N3CC4CCC(C3)NC4)c2)cc1. The second kappa shape index (κ2) is 6.69. The number of fused-ring (bicyclic) bond motifs is 4. The zero-order chi connectivity index (χ0) is 16.4. The van der Waals surface area contributed by atoms with Crippen LogP contribution in [0.4, 0.5) is 5.69 Å². The third kappa shape index (κ3) is 3.31. The standard InChI is InChI=1S/C19H23N3O2/c1-23-17-4-6-18(7-5-17)24-19-8-16(10-20-11-19)22-12-14-2-3-15(13-22)21-9-14/h4-8,10-11,14-15,21H,2-3,9,12-13H2,1H3. The molecular formula is C19H23N3O2. The lowest BCUT2D eigenvalue weighted by Crippen LogP contribution is -2.39. The summed E-state index contributed by atoms with van der Waals surface area (Å²) in [5.74, 6) is 3.10. The van der Waals surface area contributed by atoms with E-state index in [0.717, 1.165) is 48.5 Å². The Bertz CT molecular complexity index is 667. The van der Waals surface area contributed by atoms with Crippen LogP contribution in [0.15, 0.2) is 42.7 Å². The number of methoxy groups -OCH3 is 1. The highest BCUT2D eigenvalue weighted by molar-refractivity contribution is 5.50. The Labute approximate surface area is 142 Å². The molecule has 0 aliphatic carbocycles. The van der Waals surface area contributed by atoms with E-state index in [1.165, 1.54) is 12.8 Å². The second-order valence-electron chi connectivity index (χ2n) is 6.61. The van der Waals surface area contributed by atoms with E-state index in [-0.39, 0.29) is 0 Å². The number of anilines is 1. The molecule has 2 unspecified atom stereocenters. The highest BCUT2D eigenvalue weighted by Gasteiger charge is 2.29. The van der Waals surface area contributed by atoms with E-state index in [2.05, 4.69) is 21.3 Å². The molecule has 3 aliphatic rings. The van der Waals surface area contributed by atoms with Crippen molar-refractivity contribution in [2.75, 3.05) is 31.6 Å². The van der Waals surface area contributed by atoms with Crippen LogP contribution in [0.1, 0.15) is 12.8 Å². The fraction of sp³-hybridized carbons (Fsp3) is 0.421. The molecule has 1 N–H and O–H groups in total.